The molecule has 2 N–H and O–H groups in total. The molecule has 2 saturated carbocycles. The maximum absolute atomic E-state index is 12.3. The zero-order chi connectivity index (χ0) is 17.3. The number of carbonyl (C=O) groups is 1. The second kappa shape index (κ2) is 6.94. The van der Waals surface area contributed by atoms with Crippen LogP contribution >= 0.6 is 0 Å². The lowest BCUT2D eigenvalue weighted by atomic mass is 9.78. The molecule has 3 aliphatic rings. The summed E-state index contributed by atoms with van der Waals surface area (Å²) in [5, 5.41) is 6.02. The molecule has 1 saturated heterocycles. The summed E-state index contributed by atoms with van der Waals surface area (Å²) in [4.78, 5) is 19.3. The van der Waals surface area contributed by atoms with Crippen LogP contribution in [0.25, 0.3) is 0 Å². The van der Waals surface area contributed by atoms with Crippen LogP contribution in [0, 0.1) is 0 Å². The molecule has 1 aliphatic heterocycles. The molecule has 0 radical (unpaired) electrons. The molecule has 136 valence electrons. The van der Waals surface area contributed by atoms with Crippen LogP contribution in [0.5, 0.6) is 0 Å². The Kier molecular flexibility index (Phi) is 4.67. The first kappa shape index (κ1) is 16.8. The van der Waals surface area contributed by atoms with Gasteiger partial charge in [0.05, 0.1) is 0 Å². The van der Waals surface area contributed by atoms with Crippen LogP contribution in [0.4, 0.5) is 10.6 Å². The van der Waals surface area contributed by atoms with E-state index in [0.717, 1.165) is 12.8 Å². The first-order chi connectivity index (χ1) is 12.1. The van der Waals surface area contributed by atoms with Crippen molar-refractivity contribution in [2.75, 3.05) is 18.4 Å². The fraction of sp³-hybridized carbons (Fsp3) is 0.700. The van der Waals surface area contributed by atoms with Crippen molar-refractivity contribution in [3.05, 3.63) is 23.9 Å². The number of rotatable bonds is 4. The van der Waals surface area contributed by atoms with Gasteiger partial charge in [0.1, 0.15) is 5.82 Å². The Labute approximate surface area is 150 Å². The monoisotopic (exact) mass is 342 g/mol. The Morgan fingerprint density at radius 2 is 1.92 bits per heavy atom. The average Bonchev–Trinajstić information content (AvgIpc) is 2.48. The van der Waals surface area contributed by atoms with Crippen LogP contribution in [0.3, 0.4) is 0 Å². The molecule has 2 heterocycles. The van der Waals surface area contributed by atoms with Gasteiger partial charge in [0.25, 0.3) is 0 Å². The lowest BCUT2D eigenvalue weighted by molar-refractivity contribution is 0.00963. The molecule has 0 bridgehead atoms. The second-order valence-corrected chi connectivity index (χ2v) is 8.31. The summed E-state index contributed by atoms with van der Waals surface area (Å²) >= 11 is 0. The molecular formula is C20H30N4O. The molecule has 2 aliphatic carbocycles. The van der Waals surface area contributed by atoms with Crippen LogP contribution < -0.4 is 10.6 Å². The first-order valence-corrected chi connectivity index (χ1v) is 9.91. The zero-order valence-corrected chi connectivity index (χ0v) is 15.3. The molecule has 3 fully saturated rings. The standard InChI is InChI=1S/C20H30N4O/c1-20(24-12-3-13-24)10-8-17(9-11-20)22-19(25)23-18-7-6-16(14-21-18)15-4-2-5-15/h6-7,14-15,17H,2-5,8-13H2,1H3,(H2,21,22,23,25). The van der Waals surface area contributed by atoms with Crippen molar-refractivity contribution in [3.63, 3.8) is 0 Å². The highest BCUT2D eigenvalue weighted by atomic mass is 16.2. The van der Waals surface area contributed by atoms with Crippen molar-refractivity contribution >= 4 is 11.8 Å². The van der Waals surface area contributed by atoms with Crippen LogP contribution in [0.2, 0.25) is 0 Å². The summed E-state index contributed by atoms with van der Waals surface area (Å²) in [5.41, 5.74) is 1.65. The van der Waals surface area contributed by atoms with Gasteiger partial charge in [-0.15, -0.1) is 0 Å². The van der Waals surface area contributed by atoms with Crippen molar-refractivity contribution in [1.82, 2.24) is 15.2 Å². The van der Waals surface area contributed by atoms with Gasteiger partial charge in [0.2, 0.25) is 0 Å². The predicted molar refractivity (Wildman–Crippen MR) is 99.8 cm³/mol. The number of pyridine rings is 1. The number of nitrogens with one attached hydrogen (secondary N) is 2. The number of amides is 2. The van der Waals surface area contributed by atoms with Crippen LogP contribution in [-0.2, 0) is 0 Å². The SMILES string of the molecule is CC1(N2CCC2)CCC(NC(=O)Nc2ccc(C3CCC3)cn2)CC1. The van der Waals surface area contributed by atoms with Crippen molar-refractivity contribution in [1.29, 1.82) is 0 Å². The van der Waals surface area contributed by atoms with E-state index in [9.17, 15) is 4.79 Å². The lowest BCUT2D eigenvalue weighted by Gasteiger charge is -2.50. The smallest absolute Gasteiger partial charge is 0.320 e. The quantitative estimate of drug-likeness (QED) is 0.873. The molecule has 4 rings (SSSR count). The third kappa shape index (κ3) is 3.66. The number of hydrogen-bond acceptors (Lipinski definition) is 3. The van der Waals surface area contributed by atoms with Gasteiger partial charge in [-0.05, 0) is 82.5 Å². The van der Waals surface area contributed by atoms with Gasteiger partial charge in [-0.1, -0.05) is 12.5 Å². The molecule has 0 atom stereocenters. The summed E-state index contributed by atoms with van der Waals surface area (Å²) in [6.07, 6.45) is 11.6. The number of carbonyl (C=O) groups excluding carboxylic acids is 1. The highest BCUT2D eigenvalue weighted by Crippen LogP contribution is 2.37. The van der Waals surface area contributed by atoms with Crippen molar-refractivity contribution in [2.45, 2.75) is 75.8 Å². The normalized spacial score (nSPS) is 30.2. The largest absolute Gasteiger partial charge is 0.335 e. The van der Waals surface area contributed by atoms with Crippen LogP contribution in [0.15, 0.2) is 18.3 Å². The van der Waals surface area contributed by atoms with E-state index in [1.165, 1.54) is 57.2 Å². The maximum atomic E-state index is 12.3. The number of aromatic nitrogens is 1. The molecule has 5 heteroatoms. The lowest BCUT2D eigenvalue weighted by Crippen LogP contribution is -2.56. The van der Waals surface area contributed by atoms with E-state index >= 15 is 0 Å². The third-order valence-corrected chi connectivity index (χ3v) is 6.62. The molecule has 0 spiro atoms. The molecule has 25 heavy (non-hydrogen) atoms. The molecule has 1 aromatic heterocycles. The van der Waals surface area contributed by atoms with E-state index < -0.39 is 0 Å². The topological polar surface area (TPSA) is 57.3 Å². The van der Waals surface area contributed by atoms with Crippen LogP contribution in [-0.4, -0.2) is 40.6 Å². The van der Waals surface area contributed by atoms with E-state index in [2.05, 4.69) is 33.5 Å². The highest BCUT2D eigenvalue weighted by Gasteiger charge is 2.38. The minimum atomic E-state index is -0.124. The zero-order valence-electron chi connectivity index (χ0n) is 15.3. The Morgan fingerprint density at radius 1 is 1.16 bits per heavy atom. The number of nitrogens with zero attached hydrogens (tertiary/aromatic N) is 2. The predicted octanol–water partition coefficient (Wildman–Crippen LogP) is 3.88. The first-order valence-electron chi connectivity index (χ1n) is 9.91. The average molecular weight is 342 g/mol. The summed E-state index contributed by atoms with van der Waals surface area (Å²) in [6, 6.07) is 4.19. The van der Waals surface area contributed by atoms with Gasteiger partial charge >= 0.3 is 6.03 Å². The van der Waals surface area contributed by atoms with Crippen molar-refractivity contribution < 1.29 is 4.79 Å². The summed E-state index contributed by atoms with van der Waals surface area (Å²) in [6.45, 7) is 4.88. The third-order valence-electron chi connectivity index (χ3n) is 6.62. The van der Waals surface area contributed by atoms with Gasteiger partial charge < -0.3 is 5.32 Å². The number of urea groups is 1. The summed E-state index contributed by atoms with van der Waals surface area (Å²) in [7, 11) is 0. The molecule has 0 unspecified atom stereocenters. The van der Waals surface area contributed by atoms with Gasteiger partial charge in [-0.2, -0.15) is 0 Å². The minimum absolute atomic E-state index is 0.124. The van der Waals surface area contributed by atoms with E-state index in [-0.39, 0.29) is 12.1 Å². The van der Waals surface area contributed by atoms with Crippen LogP contribution in [0.1, 0.15) is 69.8 Å². The van der Waals surface area contributed by atoms with Gasteiger partial charge in [0.15, 0.2) is 0 Å². The number of anilines is 1. The number of likely N-dealkylation sites (tertiary alicyclic amines) is 1. The second-order valence-electron chi connectivity index (χ2n) is 8.31. The van der Waals surface area contributed by atoms with Crippen molar-refractivity contribution in [2.24, 2.45) is 0 Å². The molecule has 5 nitrogen and oxygen atoms in total. The van der Waals surface area contributed by atoms with E-state index in [4.69, 9.17) is 0 Å². The Morgan fingerprint density at radius 3 is 2.44 bits per heavy atom. The molecular weight excluding hydrogens is 312 g/mol. The minimum Gasteiger partial charge on any atom is -0.335 e. The van der Waals surface area contributed by atoms with Gasteiger partial charge in [0, 0.05) is 17.8 Å². The number of hydrogen-bond donors (Lipinski definition) is 2. The van der Waals surface area contributed by atoms with E-state index in [0.29, 0.717) is 17.3 Å². The van der Waals surface area contributed by atoms with Gasteiger partial charge in [-0.25, -0.2) is 9.78 Å². The fourth-order valence-corrected chi connectivity index (χ4v) is 4.36. The van der Waals surface area contributed by atoms with Gasteiger partial charge in [-0.3, -0.25) is 10.2 Å². The maximum Gasteiger partial charge on any atom is 0.320 e. The van der Waals surface area contributed by atoms with E-state index in [1.54, 1.807) is 0 Å². The van der Waals surface area contributed by atoms with E-state index in [1.807, 2.05) is 12.3 Å². The Hall–Kier alpha value is -1.62. The fourth-order valence-electron chi connectivity index (χ4n) is 4.36. The van der Waals surface area contributed by atoms with Crippen molar-refractivity contribution in [3.8, 4) is 0 Å². The molecule has 1 aromatic rings. The molecule has 0 aromatic carbocycles. The summed E-state index contributed by atoms with van der Waals surface area (Å²) in [5.74, 6) is 1.32. The Balaban J connectivity index is 1.23. The summed E-state index contributed by atoms with van der Waals surface area (Å²) < 4.78 is 0. The highest BCUT2D eigenvalue weighted by molar-refractivity contribution is 5.88. The molecule has 2 amide bonds. The Bertz CT molecular complexity index is 599.